The van der Waals surface area contributed by atoms with Gasteiger partial charge in [-0.25, -0.2) is 9.59 Å². The minimum Gasteiger partial charge on any atom is -0.479 e. The molecule has 2 saturated heterocycles. The summed E-state index contributed by atoms with van der Waals surface area (Å²) in [5.41, 5.74) is 6.11. The summed E-state index contributed by atoms with van der Waals surface area (Å²) >= 11 is 0. The molecule has 2 aliphatic heterocycles. The zero-order chi connectivity index (χ0) is 25.4. The number of H-pyrrole nitrogens is 1. The van der Waals surface area contributed by atoms with E-state index in [1.165, 1.54) is 0 Å². The van der Waals surface area contributed by atoms with Crippen LogP contribution in [-0.4, -0.2) is 85.4 Å². The molecule has 5 N–H and O–H groups in total. The van der Waals surface area contributed by atoms with E-state index in [0.29, 0.717) is 0 Å². The number of aliphatic hydroxyl groups excluding tert-OH is 3. The third-order valence-corrected chi connectivity index (χ3v) is 4.92. The molecule has 0 amide bonds. The van der Waals surface area contributed by atoms with Crippen LogP contribution in [0, 0.1) is 6.85 Å². The number of aliphatic carboxylic acids is 1. The lowest BCUT2D eigenvalue weighted by Gasteiger charge is -2.38. The number of aromatic nitrogens is 2. The predicted octanol–water partition coefficient (Wildman–Crippen LogP) is -2.28. The van der Waals surface area contributed by atoms with Crippen molar-refractivity contribution in [2.24, 2.45) is 5.11 Å². The SMILES string of the molecule is [2H]C([2H])([2H])c1cn([C@H]2C[C@@H](N=[N+]=[N-])[C@@H](COC3OC(C(=O)O)C(O)C(O)C3O)O2)c(=O)[nH]c1=O. The number of aryl methyl sites for hydroxylation is 1. The molecule has 170 valence electrons. The summed E-state index contributed by atoms with van der Waals surface area (Å²) in [6.07, 6.45) is -10.8. The van der Waals surface area contributed by atoms with E-state index in [4.69, 9.17) is 29.0 Å². The van der Waals surface area contributed by atoms with Gasteiger partial charge in [0.05, 0.1) is 18.8 Å². The van der Waals surface area contributed by atoms with E-state index in [-0.39, 0.29) is 6.42 Å². The molecule has 5 unspecified atom stereocenters. The number of nitrogens with zero attached hydrogens (tertiary/aromatic N) is 4. The van der Waals surface area contributed by atoms with Crippen molar-refractivity contribution in [1.29, 1.82) is 0 Å². The van der Waals surface area contributed by atoms with Crippen LogP contribution in [0.1, 0.15) is 22.3 Å². The van der Waals surface area contributed by atoms with Crippen molar-refractivity contribution in [1.82, 2.24) is 9.55 Å². The standard InChI is InChI=1S/C16H21N5O10/c1-5-3-21(16(28)18-13(5)25)8-2-6(19-20-17)7(30-8)4-29-15-11(24)9(22)10(23)12(31-15)14(26)27/h3,6-12,15,22-24H,2,4H2,1H3,(H,26,27)(H,18,25,28)/t6-,7-,8-,9?,10?,11?,12?,15?/m1/s1/i1D3. The van der Waals surface area contributed by atoms with Crippen LogP contribution < -0.4 is 11.2 Å². The van der Waals surface area contributed by atoms with Crippen molar-refractivity contribution in [3.63, 3.8) is 0 Å². The van der Waals surface area contributed by atoms with E-state index in [0.717, 1.165) is 10.8 Å². The molecule has 31 heavy (non-hydrogen) atoms. The van der Waals surface area contributed by atoms with Crippen LogP contribution in [0.2, 0.25) is 0 Å². The molecule has 15 heteroatoms. The summed E-state index contributed by atoms with van der Waals surface area (Å²) < 4.78 is 39.1. The summed E-state index contributed by atoms with van der Waals surface area (Å²) in [4.78, 5) is 39.9. The van der Waals surface area contributed by atoms with Crippen LogP contribution in [0.15, 0.2) is 20.9 Å². The second-order valence-electron chi connectivity index (χ2n) is 6.91. The number of azide groups is 1. The second kappa shape index (κ2) is 9.15. The predicted molar refractivity (Wildman–Crippen MR) is 97.8 cm³/mol. The Balaban J connectivity index is 1.79. The fourth-order valence-corrected chi connectivity index (χ4v) is 3.30. The fraction of sp³-hybridized carbons (Fsp3) is 0.688. The first-order chi connectivity index (χ1) is 15.8. The van der Waals surface area contributed by atoms with Gasteiger partial charge in [0, 0.05) is 27.2 Å². The van der Waals surface area contributed by atoms with Crippen molar-refractivity contribution in [2.45, 2.75) is 62.4 Å². The normalized spacial score (nSPS) is 37.3. The lowest BCUT2D eigenvalue weighted by Crippen LogP contribution is -2.60. The van der Waals surface area contributed by atoms with Crippen molar-refractivity contribution in [3.05, 3.63) is 43.0 Å². The van der Waals surface area contributed by atoms with Crippen LogP contribution in [0.3, 0.4) is 0 Å². The molecular weight excluding hydrogens is 422 g/mol. The molecular formula is C16H21N5O10. The molecule has 2 aliphatic rings. The smallest absolute Gasteiger partial charge is 0.335 e. The molecule has 2 fully saturated rings. The lowest BCUT2D eigenvalue weighted by atomic mass is 9.99. The van der Waals surface area contributed by atoms with Crippen LogP contribution in [0.5, 0.6) is 0 Å². The molecule has 0 aromatic carbocycles. The number of aromatic amines is 1. The van der Waals surface area contributed by atoms with E-state index in [1.54, 1.807) is 0 Å². The topological polar surface area (TPSA) is 229 Å². The number of carboxylic acids is 1. The van der Waals surface area contributed by atoms with Gasteiger partial charge in [0.1, 0.15) is 24.5 Å². The summed E-state index contributed by atoms with van der Waals surface area (Å²) in [6, 6.07) is -0.962. The number of carboxylic acid groups (broad SMARTS) is 1. The van der Waals surface area contributed by atoms with E-state index >= 15 is 0 Å². The van der Waals surface area contributed by atoms with Crippen molar-refractivity contribution in [2.75, 3.05) is 6.61 Å². The number of nitrogens with one attached hydrogen (secondary N) is 1. The number of rotatable bonds is 6. The first-order valence-corrected chi connectivity index (χ1v) is 8.94. The average Bonchev–Trinajstić information content (AvgIpc) is 3.13. The van der Waals surface area contributed by atoms with Crippen LogP contribution in [-0.2, 0) is 19.0 Å². The van der Waals surface area contributed by atoms with Gasteiger partial charge >= 0.3 is 11.7 Å². The number of aliphatic hydroxyl groups is 3. The summed E-state index contributed by atoms with van der Waals surface area (Å²) in [5.74, 6) is -1.61. The number of hydrogen-bond donors (Lipinski definition) is 5. The average molecular weight is 446 g/mol. The van der Waals surface area contributed by atoms with Crippen LogP contribution in [0.4, 0.5) is 0 Å². The minimum atomic E-state index is -2.82. The molecule has 0 saturated carbocycles. The molecule has 1 aromatic rings. The van der Waals surface area contributed by atoms with Gasteiger partial charge in [0.15, 0.2) is 12.4 Å². The Labute approximate surface area is 177 Å². The Bertz CT molecular complexity index is 1090. The summed E-state index contributed by atoms with van der Waals surface area (Å²) in [7, 11) is 0. The Morgan fingerprint density at radius 3 is 2.77 bits per heavy atom. The maximum absolute atomic E-state index is 12.2. The summed E-state index contributed by atoms with van der Waals surface area (Å²) in [5, 5.41) is 42.3. The highest BCUT2D eigenvalue weighted by atomic mass is 16.7. The Hall–Kier alpha value is -2.78. The van der Waals surface area contributed by atoms with Gasteiger partial charge < -0.3 is 34.6 Å². The van der Waals surface area contributed by atoms with E-state index in [2.05, 4.69) is 10.0 Å². The second-order valence-corrected chi connectivity index (χ2v) is 6.91. The Morgan fingerprint density at radius 1 is 1.39 bits per heavy atom. The third-order valence-electron chi connectivity index (χ3n) is 4.92. The van der Waals surface area contributed by atoms with Gasteiger partial charge in [-0.15, -0.1) is 0 Å². The Kier molecular flexibility index (Phi) is 5.59. The van der Waals surface area contributed by atoms with E-state index in [9.17, 15) is 29.7 Å². The van der Waals surface area contributed by atoms with Gasteiger partial charge in [0.2, 0.25) is 0 Å². The minimum absolute atomic E-state index is 0.127. The molecule has 0 aliphatic carbocycles. The van der Waals surface area contributed by atoms with E-state index < -0.39 is 85.3 Å². The van der Waals surface area contributed by atoms with Gasteiger partial charge in [0.25, 0.3) is 5.56 Å². The van der Waals surface area contributed by atoms with Crippen LogP contribution in [0.25, 0.3) is 10.4 Å². The van der Waals surface area contributed by atoms with Crippen molar-refractivity contribution in [3.8, 4) is 0 Å². The molecule has 3 heterocycles. The van der Waals surface area contributed by atoms with Crippen molar-refractivity contribution >= 4 is 5.97 Å². The molecule has 0 bridgehead atoms. The highest BCUT2D eigenvalue weighted by Crippen LogP contribution is 2.31. The van der Waals surface area contributed by atoms with Crippen LogP contribution >= 0.6 is 0 Å². The monoisotopic (exact) mass is 446 g/mol. The summed E-state index contributed by atoms with van der Waals surface area (Å²) in [6.45, 7) is -3.31. The third kappa shape index (κ3) is 4.62. The molecule has 15 nitrogen and oxygen atoms in total. The lowest BCUT2D eigenvalue weighted by molar-refractivity contribution is -0.298. The van der Waals surface area contributed by atoms with Gasteiger partial charge in [-0.1, -0.05) is 5.11 Å². The molecule has 0 radical (unpaired) electrons. The number of hydrogen-bond acceptors (Lipinski definition) is 10. The fourth-order valence-electron chi connectivity index (χ4n) is 3.30. The van der Waals surface area contributed by atoms with Crippen molar-refractivity contribution < 1.29 is 43.5 Å². The molecule has 0 spiro atoms. The van der Waals surface area contributed by atoms with E-state index in [1.807, 2.05) is 4.98 Å². The quantitative estimate of drug-likeness (QED) is 0.178. The zero-order valence-electron chi connectivity index (χ0n) is 18.6. The number of carbonyl (C=O) groups is 1. The van der Waals surface area contributed by atoms with Gasteiger partial charge in [-0.2, -0.15) is 0 Å². The largest absolute Gasteiger partial charge is 0.479 e. The zero-order valence-corrected chi connectivity index (χ0v) is 15.6. The maximum atomic E-state index is 12.2. The van der Waals surface area contributed by atoms with Gasteiger partial charge in [-0.3, -0.25) is 14.3 Å². The number of ether oxygens (including phenoxy) is 3. The highest BCUT2D eigenvalue weighted by Gasteiger charge is 2.48. The first kappa shape index (κ1) is 18.9. The van der Waals surface area contributed by atoms with Gasteiger partial charge in [-0.05, 0) is 12.4 Å². The first-order valence-electron chi connectivity index (χ1n) is 10.4. The molecule has 3 rings (SSSR count). The Morgan fingerprint density at radius 2 is 2.13 bits per heavy atom. The molecule has 8 atom stereocenters. The molecule has 1 aromatic heterocycles. The highest BCUT2D eigenvalue weighted by molar-refractivity contribution is 5.73. The maximum Gasteiger partial charge on any atom is 0.335 e.